The van der Waals surface area contributed by atoms with Crippen LogP contribution in [-0.2, 0) is 15.1 Å². The number of hydrogen-bond acceptors (Lipinski definition) is 5. The molecule has 1 fully saturated rings. The number of nitrogens with zero attached hydrogens (tertiary/aromatic N) is 2. The van der Waals surface area contributed by atoms with Crippen LogP contribution in [0.3, 0.4) is 0 Å². The Morgan fingerprint density at radius 1 is 1.06 bits per heavy atom. The first-order valence-corrected chi connectivity index (χ1v) is 10.9. The summed E-state index contributed by atoms with van der Waals surface area (Å²) < 4.78 is 0. The van der Waals surface area contributed by atoms with Crippen LogP contribution < -0.4 is 5.73 Å². The first kappa shape index (κ1) is 23.4. The number of carboxylic acids is 2. The molecule has 0 unspecified atom stereocenters. The van der Waals surface area contributed by atoms with Crippen molar-refractivity contribution in [3.63, 3.8) is 0 Å². The molecule has 1 aromatic carbocycles. The van der Waals surface area contributed by atoms with E-state index in [0.29, 0.717) is 5.92 Å². The molecular weight excluding hydrogens is 408 g/mol. The van der Waals surface area contributed by atoms with Crippen molar-refractivity contribution in [1.82, 2.24) is 15.2 Å². The number of H-pyrrole nitrogens is 1. The van der Waals surface area contributed by atoms with Gasteiger partial charge in [0.25, 0.3) is 0 Å². The van der Waals surface area contributed by atoms with Gasteiger partial charge < -0.3 is 15.9 Å². The zero-order valence-corrected chi connectivity index (χ0v) is 18.5. The van der Waals surface area contributed by atoms with E-state index < -0.39 is 11.9 Å². The van der Waals surface area contributed by atoms with Crippen LogP contribution in [0.4, 0.5) is 0 Å². The number of benzene rings is 1. The number of nitrogens with one attached hydrogen (secondary N) is 1. The predicted molar refractivity (Wildman–Crippen MR) is 122 cm³/mol. The second-order valence-corrected chi connectivity index (χ2v) is 8.22. The monoisotopic (exact) mass is 438 g/mol. The van der Waals surface area contributed by atoms with Gasteiger partial charge in [-0.2, -0.15) is 5.10 Å². The summed E-state index contributed by atoms with van der Waals surface area (Å²) >= 11 is 0. The van der Waals surface area contributed by atoms with E-state index in [2.05, 4.69) is 48.3 Å². The van der Waals surface area contributed by atoms with Gasteiger partial charge in [-0.25, -0.2) is 0 Å². The van der Waals surface area contributed by atoms with Gasteiger partial charge in [0.15, 0.2) is 0 Å². The maximum Gasteiger partial charge on any atom is 0.303 e. The van der Waals surface area contributed by atoms with Crippen molar-refractivity contribution in [2.24, 2.45) is 5.73 Å². The Morgan fingerprint density at radius 3 is 2.22 bits per heavy atom. The van der Waals surface area contributed by atoms with Crippen LogP contribution in [0.5, 0.6) is 0 Å². The molecule has 0 amide bonds. The van der Waals surface area contributed by atoms with Gasteiger partial charge >= 0.3 is 11.9 Å². The lowest BCUT2D eigenvalue weighted by Crippen LogP contribution is -2.35. The van der Waals surface area contributed by atoms with Crippen molar-refractivity contribution in [3.8, 4) is 11.3 Å². The minimum atomic E-state index is -1.08. The number of carboxylic acid groups (broad SMARTS) is 2. The van der Waals surface area contributed by atoms with Crippen LogP contribution in [0.2, 0.25) is 0 Å². The zero-order chi connectivity index (χ0) is 23.3. The van der Waals surface area contributed by atoms with Crippen molar-refractivity contribution in [1.29, 1.82) is 0 Å². The predicted octanol–water partition coefficient (Wildman–Crippen LogP) is 4.41. The molecule has 0 saturated heterocycles. The maximum atomic E-state index is 9.64. The lowest BCUT2D eigenvalue weighted by Gasteiger charge is -2.27. The van der Waals surface area contributed by atoms with Gasteiger partial charge in [-0.15, -0.1) is 0 Å². The van der Waals surface area contributed by atoms with Crippen LogP contribution in [0.25, 0.3) is 22.2 Å². The molecule has 2 heterocycles. The molecule has 0 aliphatic heterocycles. The molecule has 3 aromatic rings. The summed E-state index contributed by atoms with van der Waals surface area (Å²) in [5.74, 6) is -1.51. The number of aromatic amines is 1. The standard InChI is InChI=1S/C20H24N4.C4H6O4/c1-3-20(21,4-2)14-7-9-17(22-11-14)15-8-10-18-16(12-23-24-18)19(15)13-5-6-13;5-3(6)1-2-4(7)8/h7-13H,3-6,21H2,1-2H3,(H,23,24);1-2H2,(H,5,6)(H,7,8). The van der Waals surface area contributed by atoms with Gasteiger partial charge in [-0.05, 0) is 54.9 Å². The summed E-state index contributed by atoms with van der Waals surface area (Å²) in [6.07, 6.45) is 7.65. The van der Waals surface area contributed by atoms with E-state index >= 15 is 0 Å². The van der Waals surface area contributed by atoms with Crippen LogP contribution in [0.15, 0.2) is 36.7 Å². The molecule has 170 valence electrons. The molecule has 1 aliphatic carbocycles. The molecular formula is C24H30N4O4. The van der Waals surface area contributed by atoms with E-state index in [1.54, 1.807) is 0 Å². The second kappa shape index (κ2) is 9.91. The van der Waals surface area contributed by atoms with Crippen LogP contribution in [0, 0.1) is 0 Å². The van der Waals surface area contributed by atoms with Crippen LogP contribution >= 0.6 is 0 Å². The third-order valence-corrected chi connectivity index (χ3v) is 6.08. The molecule has 1 saturated carbocycles. The lowest BCUT2D eigenvalue weighted by molar-refractivity contribution is -0.143. The molecule has 32 heavy (non-hydrogen) atoms. The fourth-order valence-electron chi connectivity index (χ4n) is 3.79. The molecule has 0 atom stereocenters. The summed E-state index contributed by atoms with van der Waals surface area (Å²) in [4.78, 5) is 24.0. The van der Waals surface area contributed by atoms with Crippen molar-refractivity contribution in [2.75, 3.05) is 0 Å². The molecule has 4 rings (SSSR count). The summed E-state index contributed by atoms with van der Waals surface area (Å²) in [7, 11) is 0. The smallest absolute Gasteiger partial charge is 0.303 e. The first-order valence-electron chi connectivity index (χ1n) is 10.9. The topological polar surface area (TPSA) is 142 Å². The number of aliphatic carboxylic acids is 2. The molecule has 2 aromatic heterocycles. The van der Waals surface area contributed by atoms with Crippen molar-refractivity contribution in [2.45, 2.75) is 63.8 Å². The van der Waals surface area contributed by atoms with E-state index in [1.165, 1.54) is 29.4 Å². The number of carbonyl (C=O) groups is 2. The molecule has 8 nitrogen and oxygen atoms in total. The molecule has 8 heteroatoms. The Balaban J connectivity index is 0.000000312. The minimum absolute atomic E-state index is 0.278. The van der Waals surface area contributed by atoms with Crippen molar-refractivity contribution >= 4 is 22.8 Å². The van der Waals surface area contributed by atoms with Crippen molar-refractivity contribution in [3.05, 3.63) is 47.8 Å². The quantitative estimate of drug-likeness (QED) is 0.408. The van der Waals surface area contributed by atoms with Gasteiger partial charge in [0.1, 0.15) is 0 Å². The normalized spacial score (nSPS) is 13.5. The average Bonchev–Trinajstić information content (AvgIpc) is 3.52. The second-order valence-electron chi connectivity index (χ2n) is 8.22. The lowest BCUT2D eigenvalue weighted by atomic mass is 9.86. The Kier molecular flexibility index (Phi) is 7.25. The Morgan fingerprint density at radius 2 is 1.72 bits per heavy atom. The molecule has 1 aliphatic rings. The first-order chi connectivity index (χ1) is 15.3. The van der Waals surface area contributed by atoms with E-state index in [0.717, 1.165) is 29.6 Å². The number of nitrogens with two attached hydrogens (primary N) is 1. The van der Waals surface area contributed by atoms with Crippen molar-refractivity contribution < 1.29 is 19.8 Å². The number of aromatic nitrogens is 3. The van der Waals surface area contributed by atoms with Crippen LogP contribution in [0.1, 0.15) is 69.4 Å². The van der Waals surface area contributed by atoms with Gasteiger partial charge in [-0.1, -0.05) is 26.0 Å². The highest BCUT2D eigenvalue weighted by Gasteiger charge is 2.29. The highest BCUT2D eigenvalue weighted by atomic mass is 16.4. The van der Waals surface area contributed by atoms with E-state index in [1.807, 2.05) is 12.4 Å². The van der Waals surface area contributed by atoms with E-state index in [-0.39, 0.29) is 18.4 Å². The van der Waals surface area contributed by atoms with Gasteiger partial charge in [-0.3, -0.25) is 19.7 Å². The molecule has 0 spiro atoms. The Hall–Kier alpha value is -3.26. The highest BCUT2D eigenvalue weighted by molar-refractivity contribution is 5.89. The maximum absolute atomic E-state index is 9.64. The molecule has 5 N–H and O–H groups in total. The highest BCUT2D eigenvalue weighted by Crippen LogP contribution is 2.47. The Labute approximate surface area is 186 Å². The summed E-state index contributed by atoms with van der Waals surface area (Å²) in [5, 5.41) is 24.3. The SMILES string of the molecule is CCC(N)(CC)c1ccc(-c2ccc3[nH]ncc3c2C2CC2)nc1.O=C(O)CCC(=O)O. The molecule has 0 bridgehead atoms. The third-order valence-electron chi connectivity index (χ3n) is 6.08. The fraction of sp³-hybridized carbons (Fsp3) is 0.417. The zero-order valence-electron chi connectivity index (χ0n) is 18.5. The summed E-state index contributed by atoms with van der Waals surface area (Å²) in [6.45, 7) is 4.27. The number of pyridine rings is 1. The van der Waals surface area contributed by atoms with Gasteiger partial charge in [0.2, 0.25) is 0 Å². The van der Waals surface area contributed by atoms with Crippen LogP contribution in [-0.4, -0.2) is 37.3 Å². The van der Waals surface area contributed by atoms with Gasteiger partial charge in [0, 0.05) is 22.7 Å². The Bertz CT molecular complexity index is 1070. The average molecular weight is 439 g/mol. The summed E-state index contributed by atoms with van der Waals surface area (Å²) in [5.41, 5.74) is 12.1. The summed E-state index contributed by atoms with van der Waals surface area (Å²) in [6, 6.07) is 8.54. The van der Waals surface area contributed by atoms with Gasteiger partial charge in [0.05, 0.1) is 30.2 Å². The van der Waals surface area contributed by atoms with E-state index in [4.69, 9.17) is 20.9 Å². The minimum Gasteiger partial charge on any atom is -0.481 e. The number of hydrogen-bond donors (Lipinski definition) is 4. The fourth-order valence-corrected chi connectivity index (χ4v) is 3.79. The largest absolute Gasteiger partial charge is 0.481 e. The molecule has 0 radical (unpaired) electrons. The van der Waals surface area contributed by atoms with E-state index in [9.17, 15) is 9.59 Å². The number of fused-ring (bicyclic) bond motifs is 1. The number of rotatable bonds is 8. The third kappa shape index (κ3) is 5.31.